The quantitative estimate of drug-likeness (QED) is 0.762. The summed E-state index contributed by atoms with van der Waals surface area (Å²) in [6.45, 7) is 2.86. The summed E-state index contributed by atoms with van der Waals surface area (Å²) in [4.78, 5) is 4.55. The molecule has 1 aromatic heterocycles. The summed E-state index contributed by atoms with van der Waals surface area (Å²) >= 11 is 0. The summed E-state index contributed by atoms with van der Waals surface area (Å²) in [6, 6.07) is 20.8. The Morgan fingerprint density at radius 3 is 2.45 bits per heavy atom. The molecule has 3 aromatic rings. The van der Waals surface area contributed by atoms with E-state index in [1.54, 1.807) is 0 Å². The van der Waals surface area contributed by atoms with Crippen molar-refractivity contribution in [2.45, 2.75) is 13.5 Å². The maximum absolute atomic E-state index is 4.55. The highest BCUT2D eigenvalue weighted by Crippen LogP contribution is 2.23. The van der Waals surface area contributed by atoms with Crippen molar-refractivity contribution >= 4 is 29.0 Å². The number of fused-ring (bicyclic) bond motifs is 1. The predicted octanol–water partition coefficient (Wildman–Crippen LogP) is 4.58. The number of nitrogens with one attached hydrogen (secondary N) is 1. The lowest BCUT2D eigenvalue weighted by molar-refractivity contribution is 1.14. The van der Waals surface area contributed by atoms with Gasteiger partial charge in [0.05, 0.1) is 5.52 Å². The standard InChI is InChI=1S/C17H16N2.ClH/c1-13-11-17(15-9-5-6-10-16(15)19-13)18-12-14-7-3-2-4-8-14;/h2-11H,12H2,1H3,(H,18,19);1H. The molecule has 0 radical (unpaired) electrons. The third-order valence-electron chi connectivity index (χ3n) is 3.17. The van der Waals surface area contributed by atoms with Gasteiger partial charge in [0.2, 0.25) is 0 Å². The average molecular weight is 285 g/mol. The molecule has 0 amide bonds. The molecule has 3 rings (SSSR count). The van der Waals surface area contributed by atoms with Crippen LogP contribution in [0.25, 0.3) is 10.9 Å². The molecule has 1 heterocycles. The Morgan fingerprint density at radius 1 is 0.950 bits per heavy atom. The first-order valence-corrected chi connectivity index (χ1v) is 6.47. The number of nitrogens with zero attached hydrogens (tertiary/aromatic N) is 1. The van der Waals surface area contributed by atoms with Gasteiger partial charge in [0, 0.05) is 23.3 Å². The minimum absolute atomic E-state index is 0. The molecule has 0 spiro atoms. The molecule has 0 aliphatic heterocycles. The number of aryl methyl sites for hydroxylation is 1. The Hall–Kier alpha value is -2.06. The van der Waals surface area contributed by atoms with Crippen molar-refractivity contribution in [3.05, 3.63) is 71.9 Å². The molecule has 3 heteroatoms. The zero-order valence-electron chi connectivity index (χ0n) is 11.3. The summed E-state index contributed by atoms with van der Waals surface area (Å²) in [6.07, 6.45) is 0. The smallest absolute Gasteiger partial charge is 0.0725 e. The Bertz CT molecular complexity index is 696. The molecule has 20 heavy (non-hydrogen) atoms. The first-order chi connectivity index (χ1) is 9.33. The molecule has 0 bridgehead atoms. The first-order valence-electron chi connectivity index (χ1n) is 6.47. The number of hydrogen-bond donors (Lipinski definition) is 1. The van der Waals surface area contributed by atoms with E-state index >= 15 is 0 Å². The van der Waals surface area contributed by atoms with Gasteiger partial charge in [0.15, 0.2) is 0 Å². The monoisotopic (exact) mass is 284 g/mol. The first kappa shape index (κ1) is 14.4. The van der Waals surface area contributed by atoms with Crippen LogP contribution < -0.4 is 5.32 Å². The second-order valence-corrected chi connectivity index (χ2v) is 4.67. The zero-order chi connectivity index (χ0) is 13.1. The van der Waals surface area contributed by atoms with Gasteiger partial charge in [0.1, 0.15) is 0 Å². The second kappa shape index (κ2) is 6.40. The topological polar surface area (TPSA) is 24.9 Å². The van der Waals surface area contributed by atoms with E-state index in [4.69, 9.17) is 0 Å². The summed E-state index contributed by atoms with van der Waals surface area (Å²) in [5, 5.41) is 4.68. The molecule has 0 saturated heterocycles. The number of benzene rings is 2. The van der Waals surface area contributed by atoms with Crippen LogP contribution in [0.5, 0.6) is 0 Å². The van der Waals surface area contributed by atoms with Crippen LogP contribution in [0.3, 0.4) is 0 Å². The Kier molecular flexibility index (Phi) is 4.59. The lowest BCUT2D eigenvalue weighted by Gasteiger charge is -2.10. The molecule has 0 saturated carbocycles. The van der Waals surface area contributed by atoms with Crippen LogP contribution in [0.1, 0.15) is 11.3 Å². The van der Waals surface area contributed by atoms with Gasteiger partial charge < -0.3 is 5.32 Å². The van der Waals surface area contributed by atoms with Crippen molar-refractivity contribution in [2.24, 2.45) is 0 Å². The molecule has 0 unspecified atom stereocenters. The van der Waals surface area contributed by atoms with Crippen LogP contribution in [0.2, 0.25) is 0 Å². The third kappa shape index (κ3) is 3.09. The molecule has 1 N–H and O–H groups in total. The normalized spacial score (nSPS) is 10.1. The number of pyridine rings is 1. The summed E-state index contributed by atoms with van der Waals surface area (Å²) in [5.74, 6) is 0. The maximum atomic E-state index is 4.55. The van der Waals surface area contributed by atoms with Crippen LogP contribution in [-0.2, 0) is 6.54 Å². The van der Waals surface area contributed by atoms with Crippen LogP contribution >= 0.6 is 12.4 Å². The Balaban J connectivity index is 0.00000147. The van der Waals surface area contributed by atoms with Crippen molar-refractivity contribution < 1.29 is 0 Å². The fraction of sp³-hybridized carbons (Fsp3) is 0.118. The van der Waals surface area contributed by atoms with E-state index in [1.165, 1.54) is 10.9 Å². The minimum atomic E-state index is 0. The van der Waals surface area contributed by atoms with Gasteiger partial charge in [-0.05, 0) is 24.6 Å². The van der Waals surface area contributed by atoms with Crippen LogP contribution in [0.4, 0.5) is 5.69 Å². The van der Waals surface area contributed by atoms with E-state index in [1.807, 2.05) is 25.1 Å². The molecule has 2 aromatic carbocycles. The Morgan fingerprint density at radius 2 is 1.65 bits per heavy atom. The molecule has 0 aliphatic carbocycles. The number of anilines is 1. The van der Waals surface area contributed by atoms with Gasteiger partial charge in [-0.1, -0.05) is 48.5 Å². The number of halogens is 1. The third-order valence-corrected chi connectivity index (χ3v) is 3.17. The summed E-state index contributed by atoms with van der Waals surface area (Å²) < 4.78 is 0. The van der Waals surface area contributed by atoms with Crippen LogP contribution in [0.15, 0.2) is 60.7 Å². The van der Waals surface area contributed by atoms with Gasteiger partial charge in [-0.25, -0.2) is 0 Å². The highest BCUT2D eigenvalue weighted by molar-refractivity contribution is 5.91. The minimum Gasteiger partial charge on any atom is -0.380 e. The van der Waals surface area contributed by atoms with Crippen molar-refractivity contribution in [1.29, 1.82) is 0 Å². The SMILES string of the molecule is Cc1cc(NCc2ccccc2)c2ccccc2n1.Cl. The van der Waals surface area contributed by atoms with Gasteiger partial charge >= 0.3 is 0 Å². The maximum Gasteiger partial charge on any atom is 0.0725 e. The van der Waals surface area contributed by atoms with E-state index in [-0.39, 0.29) is 12.4 Å². The van der Waals surface area contributed by atoms with E-state index in [0.717, 1.165) is 23.4 Å². The van der Waals surface area contributed by atoms with E-state index in [9.17, 15) is 0 Å². The fourth-order valence-electron chi connectivity index (χ4n) is 2.25. The zero-order valence-corrected chi connectivity index (χ0v) is 12.2. The van der Waals surface area contributed by atoms with E-state index in [2.05, 4.69) is 52.8 Å². The fourth-order valence-corrected chi connectivity index (χ4v) is 2.25. The lowest BCUT2D eigenvalue weighted by atomic mass is 10.1. The number of hydrogen-bond acceptors (Lipinski definition) is 2. The molecule has 0 atom stereocenters. The lowest BCUT2D eigenvalue weighted by Crippen LogP contribution is -2.01. The highest BCUT2D eigenvalue weighted by atomic mass is 35.5. The van der Waals surface area contributed by atoms with Crippen LogP contribution in [-0.4, -0.2) is 4.98 Å². The summed E-state index contributed by atoms with van der Waals surface area (Å²) in [7, 11) is 0. The van der Waals surface area contributed by atoms with Gasteiger partial charge in [0.25, 0.3) is 0 Å². The van der Waals surface area contributed by atoms with Crippen molar-refractivity contribution in [1.82, 2.24) is 4.98 Å². The molecule has 2 nitrogen and oxygen atoms in total. The average Bonchev–Trinajstić information content (AvgIpc) is 2.45. The number of para-hydroxylation sites is 1. The highest BCUT2D eigenvalue weighted by Gasteiger charge is 2.03. The van der Waals surface area contributed by atoms with Gasteiger partial charge in [-0.2, -0.15) is 0 Å². The molecular formula is C17H17ClN2. The van der Waals surface area contributed by atoms with Gasteiger partial charge in [-0.3, -0.25) is 4.98 Å². The predicted molar refractivity (Wildman–Crippen MR) is 87.5 cm³/mol. The number of aromatic nitrogens is 1. The molecule has 0 fully saturated rings. The Labute approximate surface area is 125 Å². The second-order valence-electron chi connectivity index (χ2n) is 4.67. The van der Waals surface area contributed by atoms with Crippen molar-refractivity contribution in [3.63, 3.8) is 0 Å². The molecule has 0 aliphatic rings. The van der Waals surface area contributed by atoms with Gasteiger partial charge in [-0.15, -0.1) is 12.4 Å². The largest absolute Gasteiger partial charge is 0.380 e. The van der Waals surface area contributed by atoms with Crippen molar-refractivity contribution in [3.8, 4) is 0 Å². The van der Waals surface area contributed by atoms with Crippen molar-refractivity contribution in [2.75, 3.05) is 5.32 Å². The van der Waals surface area contributed by atoms with Crippen LogP contribution in [0, 0.1) is 6.92 Å². The van der Waals surface area contributed by atoms with E-state index < -0.39 is 0 Å². The molecule has 102 valence electrons. The summed E-state index contributed by atoms with van der Waals surface area (Å²) in [5.41, 5.74) is 4.50. The number of rotatable bonds is 3. The molecular weight excluding hydrogens is 268 g/mol. The van der Waals surface area contributed by atoms with E-state index in [0.29, 0.717) is 0 Å².